The number of hydrogen-bond donors (Lipinski definition) is 2. The first-order valence-corrected chi connectivity index (χ1v) is 7.21. The SMILES string of the molecule is CC(C)(CNC1=NCCCN1)C1CCCCC1. The van der Waals surface area contributed by atoms with Crippen LogP contribution in [0.25, 0.3) is 0 Å². The van der Waals surface area contributed by atoms with Crippen molar-refractivity contribution in [3.8, 4) is 0 Å². The van der Waals surface area contributed by atoms with Crippen molar-refractivity contribution in [2.75, 3.05) is 19.6 Å². The van der Waals surface area contributed by atoms with Crippen molar-refractivity contribution >= 4 is 5.96 Å². The van der Waals surface area contributed by atoms with Crippen LogP contribution >= 0.6 is 0 Å². The van der Waals surface area contributed by atoms with Crippen molar-refractivity contribution in [1.29, 1.82) is 0 Å². The molecule has 1 heterocycles. The first kappa shape index (κ1) is 12.7. The molecule has 1 fully saturated rings. The molecule has 1 saturated carbocycles. The van der Waals surface area contributed by atoms with Crippen molar-refractivity contribution in [2.45, 2.75) is 52.4 Å². The molecule has 0 saturated heterocycles. The van der Waals surface area contributed by atoms with Crippen molar-refractivity contribution in [3.05, 3.63) is 0 Å². The zero-order valence-corrected chi connectivity index (χ0v) is 11.4. The summed E-state index contributed by atoms with van der Waals surface area (Å²) in [5.74, 6) is 1.90. The van der Waals surface area contributed by atoms with Crippen molar-refractivity contribution < 1.29 is 0 Å². The second-order valence-corrected chi connectivity index (χ2v) is 6.19. The van der Waals surface area contributed by atoms with Crippen LogP contribution < -0.4 is 10.6 Å². The van der Waals surface area contributed by atoms with Crippen LogP contribution in [0.2, 0.25) is 0 Å². The number of nitrogens with zero attached hydrogens (tertiary/aromatic N) is 1. The molecule has 0 radical (unpaired) electrons. The molecule has 3 heteroatoms. The third-order valence-corrected chi connectivity index (χ3v) is 4.32. The molecule has 0 aromatic heterocycles. The van der Waals surface area contributed by atoms with Crippen LogP contribution in [0.4, 0.5) is 0 Å². The number of aliphatic imine (C=N–C) groups is 1. The fraction of sp³-hybridized carbons (Fsp3) is 0.929. The molecular weight excluding hydrogens is 210 g/mol. The molecule has 0 aromatic carbocycles. The predicted molar refractivity (Wildman–Crippen MR) is 73.3 cm³/mol. The molecule has 0 amide bonds. The third kappa shape index (κ3) is 3.62. The quantitative estimate of drug-likeness (QED) is 0.791. The number of guanidine groups is 1. The molecule has 2 aliphatic rings. The van der Waals surface area contributed by atoms with Crippen molar-refractivity contribution in [1.82, 2.24) is 10.6 Å². The highest BCUT2D eigenvalue weighted by Gasteiger charge is 2.30. The van der Waals surface area contributed by atoms with E-state index in [1.807, 2.05) is 0 Å². The fourth-order valence-corrected chi connectivity index (χ4v) is 2.99. The van der Waals surface area contributed by atoms with E-state index in [4.69, 9.17) is 0 Å². The zero-order valence-electron chi connectivity index (χ0n) is 11.4. The largest absolute Gasteiger partial charge is 0.356 e. The van der Waals surface area contributed by atoms with Crippen LogP contribution in [0, 0.1) is 11.3 Å². The molecule has 0 aromatic rings. The van der Waals surface area contributed by atoms with Gasteiger partial charge >= 0.3 is 0 Å². The van der Waals surface area contributed by atoms with E-state index in [1.165, 1.54) is 32.1 Å². The number of hydrogen-bond acceptors (Lipinski definition) is 3. The van der Waals surface area contributed by atoms with E-state index in [0.717, 1.165) is 37.9 Å². The average molecular weight is 237 g/mol. The first-order chi connectivity index (χ1) is 8.18. The monoisotopic (exact) mass is 237 g/mol. The van der Waals surface area contributed by atoms with Gasteiger partial charge in [0.2, 0.25) is 0 Å². The number of nitrogens with one attached hydrogen (secondary N) is 2. The molecule has 2 rings (SSSR count). The van der Waals surface area contributed by atoms with E-state index in [9.17, 15) is 0 Å². The Bertz CT molecular complexity index is 265. The molecular formula is C14H27N3. The van der Waals surface area contributed by atoms with E-state index < -0.39 is 0 Å². The van der Waals surface area contributed by atoms with Gasteiger partial charge in [-0.3, -0.25) is 4.99 Å². The number of rotatable bonds is 3. The molecule has 0 atom stereocenters. The van der Waals surface area contributed by atoms with E-state index >= 15 is 0 Å². The molecule has 2 N–H and O–H groups in total. The Labute approximate surface area is 105 Å². The molecule has 0 unspecified atom stereocenters. The van der Waals surface area contributed by atoms with Gasteiger partial charge in [-0.2, -0.15) is 0 Å². The summed E-state index contributed by atoms with van der Waals surface area (Å²) in [4.78, 5) is 4.47. The topological polar surface area (TPSA) is 36.4 Å². The Balaban J connectivity index is 1.81. The van der Waals surface area contributed by atoms with Crippen molar-refractivity contribution in [3.63, 3.8) is 0 Å². The normalized spacial score (nSPS) is 22.8. The van der Waals surface area contributed by atoms with Gasteiger partial charge in [-0.25, -0.2) is 0 Å². The minimum atomic E-state index is 0.391. The van der Waals surface area contributed by atoms with Crippen LogP contribution in [0.5, 0.6) is 0 Å². The zero-order chi connectivity index (χ0) is 12.1. The first-order valence-electron chi connectivity index (χ1n) is 7.21. The summed E-state index contributed by atoms with van der Waals surface area (Å²) < 4.78 is 0. The molecule has 1 aliphatic heterocycles. The minimum Gasteiger partial charge on any atom is -0.356 e. The lowest BCUT2D eigenvalue weighted by Gasteiger charge is -2.37. The molecule has 3 nitrogen and oxygen atoms in total. The second-order valence-electron chi connectivity index (χ2n) is 6.19. The standard InChI is InChI=1S/C14H27N3/c1-14(2,12-7-4-3-5-8-12)11-17-13-15-9-6-10-16-13/h12H,3-11H2,1-2H3,(H2,15,16,17). The summed E-state index contributed by atoms with van der Waals surface area (Å²) in [6.45, 7) is 7.89. The van der Waals surface area contributed by atoms with Gasteiger partial charge in [0.25, 0.3) is 0 Å². The maximum absolute atomic E-state index is 4.47. The summed E-state index contributed by atoms with van der Waals surface area (Å²) in [7, 11) is 0. The predicted octanol–water partition coefficient (Wildman–Crippen LogP) is 2.53. The third-order valence-electron chi connectivity index (χ3n) is 4.32. The Hall–Kier alpha value is -0.730. The lowest BCUT2D eigenvalue weighted by atomic mass is 9.71. The molecule has 0 bridgehead atoms. The van der Waals surface area contributed by atoms with Crippen LogP contribution in [0.1, 0.15) is 52.4 Å². The van der Waals surface area contributed by atoms with Gasteiger partial charge in [0.05, 0.1) is 0 Å². The highest BCUT2D eigenvalue weighted by Crippen LogP contribution is 2.37. The minimum absolute atomic E-state index is 0.391. The van der Waals surface area contributed by atoms with Gasteiger partial charge < -0.3 is 10.6 Å². The Morgan fingerprint density at radius 3 is 2.65 bits per heavy atom. The maximum atomic E-state index is 4.47. The van der Waals surface area contributed by atoms with Crippen LogP contribution in [0.3, 0.4) is 0 Å². The molecule has 0 spiro atoms. The maximum Gasteiger partial charge on any atom is 0.191 e. The summed E-state index contributed by atoms with van der Waals surface area (Å²) in [5, 5.41) is 6.83. The van der Waals surface area contributed by atoms with E-state index in [0.29, 0.717) is 5.41 Å². The summed E-state index contributed by atoms with van der Waals surface area (Å²) in [6, 6.07) is 0. The highest BCUT2D eigenvalue weighted by atomic mass is 15.2. The van der Waals surface area contributed by atoms with Gasteiger partial charge in [-0.15, -0.1) is 0 Å². The van der Waals surface area contributed by atoms with Gasteiger partial charge in [0, 0.05) is 19.6 Å². The summed E-state index contributed by atoms with van der Waals surface area (Å²) in [6.07, 6.45) is 8.27. The van der Waals surface area contributed by atoms with E-state index in [2.05, 4.69) is 29.5 Å². The summed E-state index contributed by atoms with van der Waals surface area (Å²) in [5.41, 5.74) is 0.391. The van der Waals surface area contributed by atoms with E-state index in [1.54, 1.807) is 0 Å². The van der Waals surface area contributed by atoms with E-state index in [-0.39, 0.29) is 0 Å². The summed E-state index contributed by atoms with van der Waals surface area (Å²) >= 11 is 0. The molecule has 17 heavy (non-hydrogen) atoms. The lowest BCUT2D eigenvalue weighted by molar-refractivity contribution is 0.160. The Morgan fingerprint density at radius 2 is 2.00 bits per heavy atom. The van der Waals surface area contributed by atoms with Gasteiger partial charge in [-0.05, 0) is 30.6 Å². The Kier molecular flexibility index (Phi) is 4.30. The van der Waals surface area contributed by atoms with Gasteiger partial charge in [0.1, 0.15) is 0 Å². The molecule has 98 valence electrons. The van der Waals surface area contributed by atoms with Gasteiger partial charge in [0.15, 0.2) is 5.96 Å². The van der Waals surface area contributed by atoms with Gasteiger partial charge in [-0.1, -0.05) is 33.1 Å². The lowest BCUT2D eigenvalue weighted by Crippen LogP contribution is -2.46. The average Bonchev–Trinajstić information content (AvgIpc) is 2.39. The molecule has 1 aliphatic carbocycles. The van der Waals surface area contributed by atoms with Crippen molar-refractivity contribution in [2.24, 2.45) is 16.3 Å². The van der Waals surface area contributed by atoms with Crippen LogP contribution in [0.15, 0.2) is 4.99 Å². The fourth-order valence-electron chi connectivity index (χ4n) is 2.99. The van der Waals surface area contributed by atoms with Crippen LogP contribution in [-0.2, 0) is 0 Å². The smallest absolute Gasteiger partial charge is 0.191 e. The second kappa shape index (κ2) is 5.74. The van der Waals surface area contributed by atoms with Crippen LogP contribution in [-0.4, -0.2) is 25.6 Å². The Morgan fingerprint density at radius 1 is 1.24 bits per heavy atom. The highest BCUT2D eigenvalue weighted by molar-refractivity contribution is 5.80.